The molecular formula is C16H16BrCl2N. The standard InChI is InChI=1S/C16H16BrCl2N/c1-9-4-10(2)13(11(3)5-9)8-20-16-14(18)6-12(17)7-15(16)19/h4-7,20H,8H2,1-3H3. The molecule has 0 saturated heterocycles. The van der Waals surface area contributed by atoms with Gasteiger partial charge in [-0.2, -0.15) is 0 Å². The van der Waals surface area contributed by atoms with Crippen molar-refractivity contribution in [3.05, 3.63) is 61.0 Å². The molecule has 0 fully saturated rings. The normalized spacial score (nSPS) is 10.7. The second-order valence-electron chi connectivity index (χ2n) is 4.98. The highest BCUT2D eigenvalue weighted by Gasteiger charge is 2.09. The summed E-state index contributed by atoms with van der Waals surface area (Å²) in [4.78, 5) is 0. The minimum atomic E-state index is 0.617. The molecule has 0 aromatic heterocycles. The van der Waals surface area contributed by atoms with E-state index < -0.39 is 0 Å². The van der Waals surface area contributed by atoms with E-state index in [0.717, 1.165) is 10.2 Å². The van der Waals surface area contributed by atoms with Gasteiger partial charge in [0, 0.05) is 11.0 Å². The van der Waals surface area contributed by atoms with Gasteiger partial charge in [-0.15, -0.1) is 0 Å². The van der Waals surface area contributed by atoms with Gasteiger partial charge < -0.3 is 5.32 Å². The van der Waals surface area contributed by atoms with Crippen LogP contribution in [0, 0.1) is 20.8 Å². The van der Waals surface area contributed by atoms with Crippen LogP contribution in [0.4, 0.5) is 5.69 Å². The van der Waals surface area contributed by atoms with E-state index in [1.54, 1.807) is 0 Å². The van der Waals surface area contributed by atoms with Crippen molar-refractivity contribution < 1.29 is 0 Å². The lowest BCUT2D eigenvalue weighted by Gasteiger charge is -2.15. The van der Waals surface area contributed by atoms with Gasteiger partial charge >= 0.3 is 0 Å². The van der Waals surface area contributed by atoms with Crippen molar-refractivity contribution in [2.24, 2.45) is 0 Å². The average molecular weight is 373 g/mol. The number of hydrogen-bond donors (Lipinski definition) is 1. The van der Waals surface area contributed by atoms with Gasteiger partial charge in [-0.1, -0.05) is 56.8 Å². The molecule has 0 bridgehead atoms. The van der Waals surface area contributed by atoms with Crippen LogP contribution in [0.5, 0.6) is 0 Å². The number of nitrogens with one attached hydrogen (secondary N) is 1. The fraction of sp³-hybridized carbons (Fsp3) is 0.250. The van der Waals surface area contributed by atoms with Crippen LogP contribution >= 0.6 is 39.1 Å². The quantitative estimate of drug-likeness (QED) is 0.667. The fourth-order valence-electron chi connectivity index (χ4n) is 2.38. The number of hydrogen-bond acceptors (Lipinski definition) is 1. The van der Waals surface area contributed by atoms with Crippen molar-refractivity contribution in [2.45, 2.75) is 27.3 Å². The molecule has 0 aliphatic carbocycles. The molecule has 2 rings (SSSR count). The van der Waals surface area contributed by atoms with E-state index in [-0.39, 0.29) is 0 Å². The molecule has 20 heavy (non-hydrogen) atoms. The summed E-state index contributed by atoms with van der Waals surface area (Å²) in [6.07, 6.45) is 0. The number of benzene rings is 2. The number of anilines is 1. The molecule has 0 aliphatic rings. The molecule has 4 heteroatoms. The summed E-state index contributed by atoms with van der Waals surface area (Å²) in [5.74, 6) is 0. The Labute approximate surface area is 138 Å². The Kier molecular flexibility index (Phi) is 5.00. The molecule has 0 radical (unpaired) electrons. The average Bonchev–Trinajstić information content (AvgIpc) is 2.30. The van der Waals surface area contributed by atoms with Crippen LogP contribution in [-0.2, 0) is 6.54 Å². The SMILES string of the molecule is Cc1cc(C)c(CNc2c(Cl)cc(Br)cc2Cl)c(C)c1. The van der Waals surface area contributed by atoms with Gasteiger partial charge in [0.2, 0.25) is 0 Å². The third kappa shape index (κ3) is 3.49. The lowest BCUT2D eigenvalue weighted by Crippen LogP contribution is -2.05. The molecule has 0 spiro atoms. The Morgan fingerprint density at radius 1 is 0.950 bits per heavy atom. The maximum atomic E-state index is 6.23. The summed E-state index contributed by atoms with van der Waals surface area (Å²) in [5.41, 5.74) is 5.89. The van der Waals surface area contributed by atoms with Gasteiger partial charge in [-0.05, 0) is 49.6 Å². The summed E-state index contributed by atoms with van der Waals surface area (Å²) >= 11 is 15.8. The Morgan fingerprint density at radius 3 is 1.95 bits per heavy atom. The van der Waals surface area contributed by atoms with Crippen LogP contribution in [0.3, 0.4) is 0 Å². The Balaban J connectivity index is 2.26. The maximum Gasteiger partial charge on any atom is 0.0722 e. The summed E-state index contributed by atoms with van der Waals surface area (Å²) in [6, 6.07) is 8.05. The first-order valence-corrected chi connectivity index (χ1v) is 7.88. The van der Waals surface area contributed by atoms with Crippen molar-refractivity contribution in [3.8, 4) is 0 Å². The molecule has 0 saturated carbocycles. The zero-order chi connectivity index (χ0) is 14.9. The predicted octanol–water partition coefficient (Wildman–Crippen LogP) is 6.29. The Hall–Kier alpha value is -0.700. The lowest BCUT2D eigenvalue weighted by atomic mass is 10.00. The largest absolute Gasteiger partial charge is 0.379 e. The van der Waals surface area contributed by atoms with Crippen LogP contribution in [0.2, 0.25) is 10.0 Å². The van der Waals surface area contributed by atoms with Gasteiger partial charge in [-0.25, -0.2) is 0 Å². The Morgan fingerprint density at radius 2 is 1.45 bits per heavy atom. The first kappa shape index (κ1) is 15.7. The molecule has 106 valence electrons. The number of rotatable bonds is 3. The van der Waals surface area contributed by atoms with E-state index in [2.05, 4.69) is 54.2 Å². The van der Waals surface area contributed by atoms with Gasteiger partial charge in [0.25, 0.3) is 0 Å². The molecule has 0 aliphatic heterocycles. The van der Waals surface area contributed by atoms with E-state index in [9.17, 15) is 0 Å². The Bertz CT molecular complexity index is 549. The van der Waals surface area contributed by atoms with Crippen molar-refractivity contribution in [3.63, 3.8) is 0 Å². The molecule has 0 atom stereocenters. The summed E-state index contributed by atoms with van der Waals surface area (Å²) in [7, 11) is 0. The first-order valence-electron chi connectivity index (χ1n) is 6.33. The maximum absolute atomic E-state index is 6.23. The minimum absolute atomic E-state index is 0.617. The predicted molar refractivity (Wildman–Crippen MR) is 92.1 cm³/mol. The van der Waals surface area contributed by atoms with Crippen LogP contribution in [-0.4, -0.2) is 0 Å². The van der Waals surface area contributed by atoms with Crippen molar-refractivity contribution >= 4 is 44.8 Å². The highest BCUT2D eigenvalue weighted by molar-refractivity contribution is 9.10. The molecule has 0 heterocycles. The monoisotopic (exact) mass is 371 g/mol. The first-order chi connectivity index (χ1) is 9.38. The molecule has 0 unspecified atom stereocenters. The highest BCUT2D eigenvalue weighted by atomic mass is 79.9. The molecule has 2 aromatic rings. The van der Waals surface area contributed by atoms with E-state index in [4.69, 9.17) is 23.2 Å². The van der Waals surface area contributed by atoms with E-state index in [1.165, 1.54) is 22.3 Å². The number of aryl methyl sites for hydroxylation is 3. The van der Waals surface area contributed by atoms with E-state index in [1.807, 2.05) is 12.1 Å². The second-order valence-corrected chi connectivity index (χ2v) is 6.71. The van der Waals surface area contributed by atoms with Crippen LogP contribution < -0.4 is 5.32 Å². The molecular weight excluding hydrogens is 357 g/mol. The van der Waals surface area contributed by atoms with Crippen LogP contribution in [0.1, 0.15) is 22.3 Å². The topological polar surface area (TPSA) is 12.0 Å². The van der Waals surface area contributed by atoms with Gasteiger partial charge in [0.1, 0.15) is 0 Å². The third-order valence-electron chi connectivity index (χ3n) is 3.29. The summed E-state index contributed by atoms with van der Waals surface area (Å²) in [5, 5.41) is 4.58. The van der Waals surface area contributed by atoms with Gasteiger partial charge in [0.15, 0.2) is 0 Å². The summed E-state index contributed by atoms with van der Waals surface area (Å²) < 4.78 is 0.876. The molecule has 1 N–H and O–H groups in total. The summed E-state index contributed by atoms with van der Waals surface area (Å²) in [6.45, 7) is 7.07. The van der Waals surface area contributed by atoms with Crippen LogP contribution in [0.15, 0.2) is 28.7 Å². The number of halogens is 3. The lowest BCUT2D eigenvalue weighted by molar-refractivity contribution is 1.08. The minimum Gasteiger partial charge on any atom is -0.379 e. The van der Waals surface area contributed by atoms with Crippen LogP contribution in [0.25, 0.3) is 0 Å². The highest BCUT2D eigenvalue weighted by Crippen LogP contribution is 2.34. The van der Waals surface area contributed by atoms with E-state index >= 15 is 0 Å². The van der Waals surface area contributed by atoms with Crippen molar-refractivity contribution in [1.82, 2.24) is 0 Å². The van der Waals surface area contributed by atoms with Crippen molar-refractivity contribution in [2.75, 3.05) is 5.32 Å². The zero-order valence-corrected chi connectivity index (χ0v) is 14.7. The van der Waals surface area contributed by atoms with Gasteiger partial charge in [0.05, 0.1) is 15.7 Å². The van der Waals surface area contributed by atoms with Gasteiger partial charge in [-0.3, -0.25) is 0 Å². The third-order valence-corrected chi connectivity index (χ3v) is 4.34. The van der Waals surface area contributed by atoms with Crippen molar-refractivity contribution in [1.29, 1.82) is 0 Å². The fourth-order valence-corrected chi connectivity index (χ4v) is 3.72. The molecule has 0 amide bonds. The second kappa shape index (κ2) is 6.38. The molecule has 2 aromatic carbocycles. The molecule has 1 nitrogen and oxygen atoms in total. The van der Waals surface area contributed by atoms with E-state index in [0.29, 0.717) is 16.6 Å². The smallest absolute Gasteiger partial charge is 0.0722 e. The zero-order valence-electron chi connectivity index (χ0n) is 11.7.